The predicted molar refractivity (Wildman–Crippen MR) is 54.6 cm³/mol. The summed E-state index contributed by atoms with van der Waals surface area (Å²) < 4.78 is 5.14. The van der Waals surface area contributed by atoms with Crippen LogP contribution in [0.25, 0.3) is 0 Å². The van der Waals surface area contributed by atoms with Crippen molar-refractivity contribution >= 4 is 5.84 Å². The molecule has 0 unspecified atom stereocenters. The Morgan fingerprint density at radius 3 is 2.71 bits per heavy atom. The monoisotopic (exact) mass is 193 g/mol. The Hall–Kier alpha value is -1.32. The van der Waals surface area contributed by atoms with Gasteiger partial charge in [-0.3, -0.25) is 4.99 Å². The number of nitrogens with zero attached hydrogens (tertiary/aromatic N) is 3. The van der Waals surface area contributed by atoms with Crippen LogP contribution in [-0.4, -0.2) is 36.0 Å². The SMILES string of the molecule is Cc1noc(C)c1C1=NCCCN1C. The average Bonchev–Trinajstić information content (AvgIpc) is 2.48. The topological polar surface area (TPSA) is 41.6 Å². The summed E-state index contributed by atoms with van der Waals surface area (Å²) in [6, 6.07) is 0. The lowest BCUT2D eigenvalue weighted by atomic mass is 10.1. The van der Waals surface area contributed by atoms with Gasteiger partial charge >= 0.3 is 0 Å². The number of aliphatic imine (C=N–C) groups is 1. The van der Waals surface area contributed by atoms with Crippen LogP contribution in [-0.2, 0) is 0 Å². The third-order valence-electron chi connectivity index (χ3n) is 2.53. The Morgan fingerprint density at radius 2 is 2.14 bits per heavy atom. The molecule has 2 heterocycles. The zero-order valence-corrected chi connectivity index (χ0v) is 8.87. The largest absolute Gasteiger partial charge is 0.361 e. The van der Waals surface area contributed by atoms with Gasteiger partial charge in [-0.25, -0.2) is 0 Å². The van der Waals surface area contributed by atoms with E-state index in [2.05, 4.69) is 22.1 Å². The lowest BCUT2D eigenvalue weighted by Crippen LogP contribution is -2.33. The van der Waals surface area contributed by atoms with E-state index in [1.165, 1.54) is 0 Å². The van der Waals surface area contributed by atoms with E-state index in [4.69, 9.17) is 4.52 Å². The van der Waals surface area contributed by atoms with Crippen LogP contribution in [0.4, 0.5) is 0 Å². The molecule has 0 radical (unpaired) electrons. The van der Waals surface area contributed by atoms with Crippen molar-refractivity contribution < 1.29 is 4.52 Å². The van der Waals surface area contributed by atoms with Gasteiger partial charge in [-0.2, -0.15) is 0 Å². The van der Waals surface area contributed by atoms with Gasteiger partial charge in [0, 0.05) is 20.1 Å². The molecule has 0 amide bonds. The van der Waals surface area contributed by atoms with Crippen molar-refractivity contribution in [1.82, 2.24) is 10.1 Å². The van der Waals surface area contributed by atoms with Gasteiger partial charge in [-0.1, -0.05) is 5.16 Å². The van der Waals surface area contributed by atoms with Crippen LogP contribution in [0.2, 0.25) is 0 Å². The molecule has 0 fully saturated rings. The van der Waals surface area contributed by atoms with Gasteiger partial charge < -0.3 is 9.42 Å². The Kier molecular flexibility index (Phi) is 2.27. The fourth-order valence-electron chi connectivity index (χ4n) is 1.79. The number of hydrogen-bond acceptors (Lipinski definition) is 4. The van der Waals surface area contributed by atoms with Crippen molar-refractivity contribution in [3.8, 4) is 0 Å². The fourth-order valence-corrected chi connectivity index (χ4v) is 1.79. The molecule has 0 aromatic carbocycles. The zero-order chi connectivity index (χ0) is 10.1. The van der Waals surface area contributed by atoms with Crippen LogP contribution in [0.15, 0.2) is 9.52 Å². The molecule has 4 nitrogen and oxygen atoms in total. The van der Waals surface area contributed by atoms with E-state index in [1.807, 2.05) is 13.8 Å². The molecule has 1 aliphatic rings. The summed E-state index contributed by atoms with van der Waals surface area (Å²) in [5.74, 6) is 1.88. The van der Waals surface area contributed by atoms with Gasteiger partial charge in [-0.05, 0) is 20.3 Å². The highest BCUT2D eigenvalue weighted by Gasteiger charge is 2.20. The minimum Gasteiger partial charge on any atom is -0.361 e. The van der Waals surface area contributed by atoms with Crippen LogP contribution in [0.5, 0.6) is 0 Å². The smallest absolute Gasteiger partial charge is 0.144 e. The second-order valence-electron chi connectivity index (χ2n) is 3.68. The van der Waals surface area contributed by atoms with Crippen molar-refractivity contribution in [3.05, 3.63) is 17.0 Å². The van der Waals surface area contributed by atoms with E-state index in [-0.39, 0.29) is 0 Å². The highest BCUT2D eigenvalue weighted by Crippen LogP contribution is 2.17. The highest BCUT2D eigenvalue weighted by molar-refractivity contribution is 6.00. The number of amidine groups is 1. The Balaban J connectivity index is 2.43. The molecule has 0 aliphatic carbocycles. The van der Waals surface area contributed by atoms with Crippen molar-refractivity contribution in [2.24, 2.45) is 4.99 Å². The van der Waals surface area contributed by atoms with Crippen molar-refractivity contribution in [1.29, 1.82) is 0 Å². The molecule has 14 heavy (non-hydrogen) atoms. The molecule has 1 aromatic rings. The van der Waals surface area contributed by atoms with Crippen molar-refractivity contribution in [3.63, 3.8) is 0 Å². The number of aryl methyl sites for hydroxylation is 2. The lowest BCUT2D eigenvalue weighted by molar-refractivity contribution is 0.392. The van der Waals surface area contributed by atoms with E-state index < -0.39 is 0 Å². The maximum absolute atomic E-state index is 5.14. The average molecular weight is 193 g/mol. The molecule has 1 aromatic heterocycles. The van der Waals surface area contributed by atoms with Crippen LogP contribution in [0, 0.1) is 13.8 Å². The molecule has 1 aliphatic heterocycles. The summed E-state index contributed by atoms with van der Waals surface area (Å²) in [7, 11) is 2.06. The van der Waals surface area contributed by atoms with Crippen LogP contribution in [0.3, 0.4) is 0 Å². The van der Waals surface area contributed by atoms with Gasteiger partial charge in [0.2, 0.25) is 0 Å². The number of aromatic nitrogens is 1. The van der Waals surface area contributed by atoms with Gasteiger partial charge in [0.15, 0.2) is 0 Å². The van der Waals surface area contributed by atoms with Crippen LogP contribution < -0.4 is 0 Å². The fraction of sp³-hybridized carbons (Fsp3) is 0.600. The normalized spacial score (nSPS) is 17.1. The summed E-state index contributed by atoms with van der Waals surface area (Å²) in [5, 5.41) is 3.94. The minimum atomic E-state index is 0.856. The maximum Gasteiger partial charge on any atom is 0.144 e. The maximum atomic E-state index is 5.14. The molecule has 2 rings (SSSR count). The molecular weight excluding hydrogens is 178 g/mol. The quantitative estimate of drug-likeness (QED) is 0.676. The third-order valence-corrected chi connectivity index (χ3v) is 2.53. The van der Waals surface area contributed by atoms with Crippen molar-refractivity contribution in [2.45, 2.75) is 20.3 Å². The van der Waals surface area contributed by atoms with E-state index in [1.54, 1.807) is 0 Å². The van der Waals surface area contributed by atoms with E-state index in [0.717, 1.165) is 42.4 Å². The van der Waals surface area contributed by atoms with Crippen molar-refractivity contribution in [2.75, 3.05) is 20.1 Å². The predicted octanol–water partition coefficient (Wildman–Crippen LogP) is 1.37. The standard InChI is InChI=1S/C10H15N3O/c1-7-9(8(2)14-12-7)10-11-5-4-6-13(10)3/h4-6H2,1-3H3. The summed E-state index contributed by atoms with van der Waals surface area (Å²) in [5.41, 5.74) is 1.99. The summed E-state index contributed by atoms with van der Waals surface area (Å²) in [6.07, 6.45) is 1.13. The number of rotatable bonds is 1. The van der Waals surface area contributed by atoms with E-state index >= 15 is 0 Å². The Morgan fingerprint density at radius 1 is 1.36 bits per heavy atom. The van der Waals surface area contributed by atoms with Gasteiger partial charge in [0.25, 0.3) is 0 Å². The Labute approximate surface area is 83.6 Å². The lowest BCUT2D eigenvalue weighted by Gasteiger charge is -2.24. The first-order chi connectivity index (χ1) is 6.70. The molecule has 0 saturated heterocycles. The first-order valence-electron chi connectivity index (χ1n) is 4.89. The highest BCUT2D eigenvalue weighted by atomic mass is 16.5. The zero-order valence-electron chi connectivity index (χ0n) is 8.87. The molecule has 0 N–H and O–H groups in total. The molecule has 76 valence electrons. The summed E-state index contributed by atoms with van der Waals surface area (Å²) in [4.78, 5) is 6.68. The molecule has 4 heteroatoms. The molecule has 0 bridgehead atoms. The van der Waals surface area contributed by atoms with Gasteiger partial charge in [-0.15, -0.1) is 0 Å². The number of hydrogen-bond donors (Lipinski definition) is 0. The summed E-state index contributed by atoms with van der Waals surface area (Å²) in [6.45, 7) is 5.85. The Bertz CT molecular complexity index is 348. The minimum absolute atomic E-state index is 0.856. The molecular formula is C10H15N3O. The van der Waals surface area contributed by atoms with Crippen LogP contribution in [0.1, 0.15) is 23.4 Å². The molecule has 0 saturated carbocycles. The second kappa shape index (κ2) is 3.44. The second-order valence-corrected chi connectivity index (χ2v) is 3.68. The van der Waals surface area contributed by atoms with E-state index in [0.29, 0.717) is 0 Å². The van der Waals surface area contributed by atoms with Crippen LogP contribution >= 0.6 is 0 Å². The van der Waals surface area contributed by atoms with Gasteiger partial charge in [0.1, 0.15) is 11.6 Å². The first-order valence-corrected chi connectivity index (χ1v) is 4.89. The molecule has 0 atom stereocenters. The molecule has 0 spiro atoms. The third kappa shape index (κ3) is 1.41. The van der Waals surface area contributed by atoms with Gasteiger partial charge in [0.05, 0.1) is 11.3 Å². The summed E-state index contributed by atoms with van der Waals surface area (Å²) >= 11 is 0. The van der Waals surface area contributed by atoms with E-state index in [9.17, 15) is 0 Å². The first kappa shape index (κ1) is 9.24.